The molecule has 1 amide bonds. The molecular weight excluding hydrogens is 444 g/mol. The first-order chi connectivity index (χ1) is 16.6. The number of nitrogens with one attached hydrogen (secondary N) is 1. The highest BCUT2D eigenvalue weighted by Crippen LogP contribution is 2.27. The average molecular weight is 473 g/mol. The predicted molar refractivity (Wildman–Crippen MR) is 135 cm³/mol. The van der Waals surface area contributed by atoms with Crippen LogP contribution in [0.15, 0.2) is 90.1 Å². The largest absolute Gasteiger partial charge is 0.367 e. The van der Waals surface area contributed by atoms with E-state index in [0.717, 1.165) is 22.2 Å². The highest BCUT2D eigenvalue weighted by atomic mass is 32.2. The molecule has 0 radical (unpaired) electrons. The van der Waals surface area contributed by atoms with Gasteiger partial charge >= 0.3 is 0 Å². The molecule has 1 atom stereocenters. The summed E-state index contributed by atoms with van der Waals surface area (Å²) in [6, 6.07) is 27.9. The fraction of sp³-hybridized carbons (Fsp3) is 0.222. The van der Waals surface area contributed by atoms with Crippen LogP contribution in [0.2, 0.25) is 0 Å². The van der Waals surface area contributed by atoms with Crippen molar-refractivity contribution in [3.63, 3.8) is 0 Å². The maximum atomic E-state index is 12.5. The molecule has 7 heteroatoms. The summed E-state index contributed by atoms with van der Waals surface area (Å²) in [4.78, 5) is 12.5. The Hall–Kier alpha value is -3.42. The number of aryl methyl sites for hydroxylation is 1. The van der Waals surface area contributed by atoms with Crippen molar-refractivity contribution < 1.29 is 9.53 Å². The highest BCUT2D eigenvalue weighted by molar-refractivity contribution is 7.98. The Morgan fingerprint density at radius 1 is 0.941 bits per heavy atom. The second-order valence-electron chi connectivity index (χ2n) is 8.05. The van der Waals surface area contributed by atoms with Crippen molar-refractivity contribution in [2.75, 3.05) is 6.61 Å². The summed E-state index contributed by atoms with van der Waals surface area (Å²) in [6.07, 6.45) is 0. The topological polar surface area (TPSA) is 69.0 Å². The first kappa shape index (κ1) is 23.7. The number of nitrogens with zero attached hydrogens (tertiary/aromatic N) is 3. The minimum Gasteiger partial charge on any atom is -0.367 e. The Morgan fingerprint density at radius 2 is 1.59 bits per heavy atom. The van der Waals surface area contributed by atoms with Crippen molar-refractivity contribution in [3.8, 4) is 5.69 Å². The van der Waals surface area contributed by atoms with E-state index in [9.17, 15) is 4.79 Å². The molecule has 0 fully saturated rings. The van der Waals surface area contributed by atoms with Gasteiger partial charge in [-0.1, -0.05) is 90.1 Å². The van der Waals surface area contributed by atoms with Crippen molar-refractivity contribution in [2.24, 2.45) is 0 Å². The molecule has 4 rings (SSSR count). The van der Waals surface area contributed by atoms with Gasteiger partial charge in [-0.05, 0) is 37.1 Å². The predicted octanol–water partition coefficient (Wildman–Crippen LogP) is 5.26. The molecule has 174 valence electrons. The summed E-state index contributed by atoms with van der Waals surface area (Å²) in [5, 5.41) is 12.7. The molecule has 0 saturated carbocycles. The number of ether oxygens (including phenoxy) is 1. The van der Waals surface area contributed by atoms with Gasteiger partial charge in [-0.15, -0.1) is 10.2 Å². The zero-order valence-electron chi connectivity index (χ0n) is 19.3. The number of thioether (sulfide) groups is 1. The number of amides is 1. The molecule has 0 aliphatic carbocycles. The molecule has 0 spiro atoms. The lowest BCUT2D eigenvalue weighted by Gasteiger charge is -2.16. The SMILES string of the molecule is Cc1ccc(-n2c(SCc3ccccc3)nnc2C(C)NC(=O)COCc2ccccc2)cc1. The van der Waals surface area contributed by atoms with E-state index in [1.807, 2.05) is 72.2 Å². The van der Waals surface area contributed by atoms with E-state index in [-0.39, 0.29) is 18.6 Å². The Morgan fingerprint density at radius 3 is 2.26 bits per heavy atom. The maximum Gasteiger partial charge on any atom is 0.246 e. The summed E-state index contributed by atoms with van der Waals surface area (Å²) in [6.45, 7) is 4.34. The molecule has 3 aromatic carbocycles. The molecule has 1 aromatic heterocycles. The molecule has 1 N–H and O–H groups in total. The Balaban J connectivity index is 1.46. The standard InChI is InChI=1S/C27H28N4O2S/c1-20-13-15-24(16-14-20)31-26(29-30-27(31)34-19-23-11-7-4-8-12-23)21(2)28-25(32)18-33-17-22-9-5-3-6-10-22/h3-16,21H,17-19H2,1-2H3,(H,28,32). The Kier molecular flexibility index (Phi) is 8.12. The Bertz CT molecular complexity index is 1190. The summed E-state index contributed by atoms with van der Waals surface area (Å²) in [5.74, 6) is 1.26. The molecule has 0 bridgehead atoms. The van der Waals surface area contributed by atoms with E-state index in [0.29, 0.717) is 12.4 Å². The zero-order valence-corrected chi connectivity index (χ0v) is 20.2. The lowest BCUT2D eigenvalue weighted by molar-refractivity contribution is -0.126. The first-order valence-electron chi connectivity index (χ1n) is 11.2. The van der Waals surface area contributed by atoms with Crippen LogP contribution < -0.4 is 5.32 Å². The van der Waals surface area contributed by atoms with Crippen LogP contribution in [0.5, 0.6) is 0 Å². The second kappa shape index (κ2) is 11.6. The third kappa shape index (κ3) is 6.34. The van der Waals surface area contributed by atoms with Crippen LogP contribution in [-0.2, 0) is 21.9 Å². The monoisotopic (exact) mass is 472 g/mol. The van der Waals surface area contributed by atoms with E-state index in [1.54, 1.807) is 11.8 Å². The van der Waals surface area contributed by atoms with Gasteiger partial charge in [0.05, 0.1) is 12.6 Å². The smallest absolute Gasteiger partial charge is 0.246 e. The number of carbonyl (C=O) groups excluding carboxylic acids is 1. The van der Waals surface area contributed by atoms with Crippen molar-refractivity contribution in [1.29, 1.82) is 0 Å². The lowest BCUT2D eigenvalue weighted by atomic mass is 10.2. The summed E-state index contributed by atoms with van der Waals surface area (Å²) in [7, 11) is 0. The van der Waals surface area contributed by atoms with Gasteiger partial charge in [-0.25, -0.2) is 0 Å². The molecule has 6 nitrogen and oxygen atoms in total. The van der Waals surface area contributed by atoms with Gasteiger partial charge < -0.3 is 10.1 Å². The summed E-state index contributed by atoms with van der Waals surface area (Å²) >= 11 is 1.62. The number of hydrogen-bond donors (Lipinski definition) is 1. The van der Waals surface area contributed by atoms with Crippen LogP contribution in [0.3, 0.4) is 0 Å². The highest BCUT2D eigenvalue weighted by Gasteiger charge is 2.21. The van der Waals surface area contributed by atoms with Gasteiger partial charge in [0.15, 0.2) is 11.0 Å². The van der Waals surface area contributed by atoms with Gasteiger partial charge in [-0.3, -0.25) is 9.36 Å². The Labute approximate surface area is 204 Å². The van der Waals surface area contributed by atoms with Gasteiger partial charge in [0.25, 0.3) is 0 Å². The van der Waals surface area contributed by atoms with Gasteiger partial charge in [0.2, 0.25) is 5.91 Å². The molecule has 4 aromatic rings. The molecule has 34 heavy (non-hydrogen) atoms. The number of rotatable bonds is 10. The van der Waals surface area contributed by atoms with Crippen molar-refractivity contribution in [3.05, 3.63) is 107 Å². The quantitative estimate of drug-likeness (QED) is 0.319. The van der Waals surface area contributed by atoms with Crippen LogP contribution in [0.1, 0.15) is 35.5 Å². The second-order valence-corrected chi connectivity index (χ2v) is 9.00. The normalized spacial score (nSPS) is 11.8. The minimum absolute atomic E-state index is 0.0203. The van der Waals surface area contributed by atoms with Crippen molar-refractivity contribution in [1.82, 2.24) is 20.1 Å². The van der Waals surface area contributed by atoms with E-state index < -0.39 is 0 Å². The fourth-order valence-electron chi connectivity index (χ4n) is 3.50. The van der Waals surface area contributed by atoms with E-state index in [4.69, 9.17) is 4.74 Å². The molecule has 0 saturated heterocycles. The lowest BCUT2D eigenvalue weighted by Crippen LogP contribution is -2.31. The van der Waals surface area contributed by atoms with Crippen LogP contribution in [0, 0.1) is 6.92 Å². The summed E-state index contributed by atoms with van der Waals surface area (Å²) < 4.78 is 7.60. The van der Waals surface area contributed by atoms with Crippen LogP contribution in [0.25, 0.3) is 5.69 Å². The van der Waals surface area contributed by atoms with E-state index in [1.165, 1.54) is 11.1 Å². The molecular formula is C27H28N4O2S. The first-order valence-corrected chi connectivity index (χ1v) is 12.2. The van der Waals surface area contributed by atoms with Crippen molar-refractivity contribution >= 4 is 17.7 Å². The number of benzene rings is 3. The van der Waals surface area contributed by atoms with Crippen LogP contribution >= 0.6 is 11.8 Å². The molecule has 1 heterocycles. The number of aromatic nitrogens is 3. The average Bonchev–Trinajstić information content (AvgIpc) is 3.29. The number of carbonyl (C=O) groups is 1. The molecule has 0 aliphatic rings. The molecule has 1 unspecified atom stereocenters. The maximum absolute atomic E-state index is 12.5. The third-order valence-corrected chi connectivity index (χ3v) is 6.27. The van der Waals surface area contributed by atoms with Crippen LogP contribution in [0.4, 0.5) is 0 Å². The minimum atomic E-state index is -0.340. The van der Waals surface area contributed by atoms with Gasteiger partial charge in [-0.2, -0.15) is 0 Å². The fourth-order valence-corrected chi connectivity index (χ4v) is 4.41. The van der Waals surface area contributed by atoms with E-state index in [2.05, 4.69) is 46.7 Å². The molecule has 0 aliphatic heterocycles. The zero-order chi connectivity index (χ0) is 23.8. The van der Waals surface area contributed by atoms with Gasteiger partial charge in [0.1, 0.15) is 6.61 Å². The van der Waals surface area contributed by atoms with Gasteiger partial charge in [0, 0.05) is 11.4 Å². The van der Waals surface area contributed by atoms with Crippen LogP contribution in [-0.4, -0.2) is 27.3 Å². The summed E-state index contributed by atoms with van der Waals surface area (Å²) in [5.41, 5.74) is 4.38. The van der Waals surface area contributed by atoms with E-state index >= 15 is 0 Å². The van der Waals surface area contributed by atoms with Crippen molar-refractivity contribution in [2.45, 2.75) is 37.4 Å². The third-order valence-electron chi connectivity index (χ3n) is 5.27. The number of hydrogen-bond acceptors (Lipinski definition) is 5.